The van der Waals surface area contributed by atoms with E-state index in [9.17, 15) is 19.8 Å². The fourth-order valence-corrected chi connectivity index (χ4v) is 10.4. The van der Waals surface area contributed by atoms with E-state index in [-0.39, 0.29) is 18.5 Å². The Hall–Kier alpha value is -1.66. The molecule has 0 saturated heterocycles. The first kappa shape index (κ1) is 71.3. The number of aliphatic hydroxyl groups is 2. The van der Waals surface area contributed by atoms with E-state index >= 15 is 0 Å². The van der Waals surface area contributed by atoms with Gasteiger partial charge in [0.1, 0.15) is 0 Å². The van der Waals surface area contributed by atoms with Crippen LogP contribution in [-0.2, 0) is 14.3 Å². The summed E-state index contributed by atoms with van der Waals surface area (Å²) >= 11 is 0. The lowest BCUT2D eigenvalue weighted by Gasteiger charge is -2.20. The van der Waals surface area contributed by atoms with Gasteiger partial charge in [0, 0.05) is 12.8 Å². The highest BCUT2D eigenvalue weighted by Gasteiger charge is 2.18. The van der Waals surface area contributed by atoms with Crippen molar-refractivity contribution in [3.63, 3.8) is 0 Å². The summed E-state index contributed by atoms with van der Waals surface area (Å²) in [7, 11) is 0. The molecule has 2 unspecified atom stereocenters. The SMILES string of the molecule is CCCCCCCC/C=C\CCCCCCCC(=O)OCCCCCCCCCCCCCCCCCCCCCCC(=O)NC(CO)C(O)/C=C/CCCCCCCCCCCCCCCCCCCCC. The Morgan fingerprint density at radius 2 is 0.644 bits per heavy atom. The maximum Gasteiger partial charge on any atom is 0.305 e. The van der Waals surface area contributed by atoms with Crippen LogP contribution in [0.1, 0.15) is 367 Å². The van der Waals surface area contributed by atoms with Crippen molar-refractivity contribution >= 4 is 11.9 Å². The first-order valence-corrected chi connectivity index (χ1v) is 33.1. The number of aliphatic hydroxyl groups excluding tert-OH is 2. The van der Waals surface area contributed by atoms with Crippen LogP contribution >= 0.6 is 0 Å². The zero-order chi connectivity index (χ0) is 52.9. The molecule has 0 aromatic carbocycles. The number of unbranched alkanes of at least 4 members (excludes halogenated alkanes) is 49. The van der Waals surface area contributed by atoms with Crippen LogP contribution in [0.25, 0.3) is 0 Å². The van der Waals surface area contributed by atoms with Crippen LogP contribution in [0.15, 0.2) is 24.3 Å². The van der Waals surface area contributed by atoms with E-state index in [0.29, 0.717) is 19.4 Å². The number of hydrogen-bond acceptors (Lipinski definition) is 5. The van der Waals surface area contributed by atoms with Gasteiger partial charge in [-0.3, -0.25) is 9.59 Å². The molecule has 0 aliphatic heterocycles. The van der Waals surface area contributed by atoms with E-state index in [4.69, 9.17) is 4.74 Å². The van der Waals surface area contributed by atoms with Crippen molar-refractivity contribution in [2.24, 2.45) is 0 Å². The smallest absolute Gasteiger partial charge is 0.305 e. The van der Waals surface area contributed by atoms with E-state index in [0.717, 1.165) is 44.9 Å². The molecule has 1 amide bonds. The van der Waals surface area contributed by atoms with E-state index in [1.54, 1.807) is 6.08 Å². The second-order valence-corrected chi connectivity index (χ2v) is 22.8. The minimum absolute atomic E-state index is 0.00272. The Labute approximate surface area is 456 Å². The molecule has 73 heavy (non-hydrogen) atoms. The number of allylic oxidation sites excluding steroid dienone is 3. The highest BCUT2D eigenvalue weighted by molar-refractivity contribution is 5.76. The molecular weight excluding hydrogens is 899 g/mol. The number of esters is 1. The van der Waals surface area contributed by atoms with Gasteiger partial charge in [-0.15, -0.1) is 0 Å². The zero-order valence-corrected chi connectivity index (χ0v) is 49.4. The Balaban J connectivity index is 3.42. The van der Waals surface area contributed by atoms with E-state index in [1.165, 1.54) is 295 Å². The fourth-order valence-electron chi connectivity index (χ4n) is 10.4. The normalized spacial score (nSPS) is 12.7. The van der Waals surface area contributed by atoms with E-state index < -0.39 is 12.1 Å². The molecule has 0 heterocycles. The molecule has 0 rings (SSSR count). The van der Waals surface area contributed by atoms with Crippen LogP contribution in [0.5, 0.6) is 0 Å². The van der Waals surface area contributed by atoms with Crippen molar-refractivity contribution < 1.29 is 24.5 Å². The molecule has 0 bridgehead atoms. The quantitative estimate of drug-likeness (QED) is 0.0320. The second-order valence-electron chi connectivity index (χ2n) is 22.8. The van der Waals surface area contributed by atoms with Crippen molar-refractivity contribution in [2.45, 2.75) is 379 Å². The molecule has 0 aromatic heterocycles. The monoisotopic (exact) mass is 1030 g/mol. The first-order chi connectivity index (χ1) is 36.0. The van der Waals surface area contributed by atoms with Gasteiger partial charge in [0.25, 0.3) is 0 Å². The largest absolute Gasteiger partial charge is 0.466 e. The zero-order valence-electron chi connectivity index (χ0n) is 49.4. The Bertz CT molecular complexity index is 1140. The third kappa shape index (κ3) is 59.4. The number of ether oxygens (including phenoxy) is 1. The van der Waals surface area contributed by atoms with Crippen LogP contribution in [0.3, 0.4) is 0 Å². The summed E-state index contributed by atoms with van der Waals surface area (Å²) in [6.07, 6.45) is 78.0. The summed E-state index contributed by atoms with van der Waals surface area (Å²) in [6, 6.07) is -0.630. The number of carbonyl (C=O) groups excluding carboxylic acids is 2. The molecule has 0 spiro atoms. The van der Waals surface area contributed by atoms with Gasteiger partial charge >= 0.3 is 5.97 Å². The van der Waals surface area contributed by atoms with Crippen molar-refractivity contribution in [3.05, 3.63) is 24.3 Å². The van der Waals surface area contributed by atoms with Gasteiger partial charge in [-0.1, -0.05) is 321 Å². The van der Waals surface area contributed by atoms with Gasteiger partial charge < -0.3 is 20.3 Å². The molecular formula is C67H129NO5. The van der Waals surface area contributed by atoms with Crippen molar-refractivity contribution in [1.29, 1.82) is 0 Å². The summed E-state index contributed by atoms with van der Waals surface area (Å²) in [5.74, 6) is -0.0636. The molecule has 0 aliphatic carbocycles. The molecule has 6 heteroatoms. The van der Waals surface area contributed by atoms with Crippen molar-refractivity contribution in [2.75, 3.05) is 13.2 Å². The molecule has 0 radical (unpaired) electrons. The Morgan fingerprint density at radius 1 is 0.370 bits per heavy atom. The van der Waals surface area contributed by atoms with Gasteiger partial charge in [0.05, 0.1) is 25.4 Å². The lowest BCUT2D eigenvalue weighted by molar-refractivity contribution is -0.143. The van der Waals surface area contributed by atoms with E-state index in [1.807, 2.05) is 6.08 Å². The average molecular weight is 1030 g/mol. The van der Waals surface area contributed by atoms with Crippen LogP contribution in [0.4, 0.5) is 0 Å². The topological polar surface area (TPSA) is 95.9 Å². The summed E-state index contributed by atoms with van der Waals surface area (Å²) < 4.78 is 5.48. The number of rotatable bonds is 62. The molecule has 3 N–H and O–H groups in total. The van der Waals surface area contributed by atoms with E-state index in [2.05, 4.69) is 31.3 Å². The predicted molar refractivity (Wildman–Crippen MR) is 320 cm³/mol. The number of amides is 1. The van der Waals surface area contributed by atoms with Crippen LogP contribution in [0, 0.1) is 0 Å². The highest BCUT2D eigenvalue weighted by Crippen LogP contribution is 2.18. The lowest BCUT2D eigenvalue weighted by atomic mass is 10.0. The van der Waals surface area contributed by atoms with Gasteiger partial charge in [-0.2, -0.15) is 0 Å². The number of carbonyl (C=O) groups is 2. The molecule has 2 atom stereocenters. The minimum Gasteiger partial charge on any atom is -0.466 e. The van der Waals surface area contributed by atoms with Crippen molar-refractivity contribution in [1.82, 2.24) is 5.32 Å². The van der Waals surface area contributed by atoms with Crippen molar-refractivity contribution in [3.8, 4) is 0 Å². The molecule has 0 saturated carbocycles. The summed E-state index contributed by atoms with van der Waals surface area (Å²) in [4.78, 5) is 24.6. The maximum atomic E-state index is 12.5. The predicted octanol–water partition coefficient (Wildman–Crippen LogP) is 21.0. The highest BCUT2D eigenvalue weighted by atomic mass is 16.5. The Kier molecular flexibility index (Phi) is 61.4. The summed E-state index contributed by atoms with van der Waals surface area (Å²) in [5.41, 5.74) is 0. The summed E-state index contributed by atoms with van der Waals surface area (Å²) in [6.45, 7) is 4.92. The molecule has 0 fully saturated rings. The molecule has 0 aliphatic rings. The van der Waals surface area contributed by atoms with Crippen LogP contribution < -0.4 is 5.32 Å². The Morgan fingerprint density at radius 3 is 0.973 bits per heavy atom. The first-order valence-electron chi connectivity index (χ1n) is 33.1. The van der Waals surface area contributed by atoms with Gasteiger partial charge in [0.2, 0.25) is 5.91 Å². The molecule has 0 aromatic rings. The van der Waals surface area contributed by atoms with Gasteiger partial charge in [0.15, 0.2) is 0 Å². The van der Waals surface area contributed by atoms with Gasteiger partial charge in [-0.25, -0.2) is 0 Å². The maximum absolute atomic E-state index is 12.5. The molecule has 432 valence electrons. The number of hydrogen-bond donors (Lipinski definition) is 3. The number of nitrogens with one attached hydrogen (secondary N) is 1. The fraction of sp³-hybridized carbons (Fsp3) is 0.910. The van der Waals surface area contributed by atoms with Crippen LogP contribution in [-0.4, -0.2) is 47.4 Å². The minimum atomic E-state index is -0.847. The third-order valence-corrected chi connectivity index (χ3v) is 15.5. The van der Waals surface area contributed by atoms with Gasteiger partial charge in [-0.05, 0) is 57.8 Å². The molecule has 6 nitrogen and oxygen atoms in total. The average Bonchev–Trinajstić information content (AvgIpc) is 3.39. The second kappa shape index (κ2) is 62.9. The third-order valence-electron chi connectivity index (χ3n) is 15.5. The van der Waals surface area contributed by atoms with Crippen LogP contribution in [0.2, 0.25) is 0 Å². The standard InChI is InChI=1S/C67H129NO5/c1-3-5-7-9-11-13-15-17-19-20-21-22-25-28-32-35-39-43-47-51-55-59-65(70)64(63-69)68-66(71)60-56-52-48-44-40-36-33-29-26-23-24-27-30-34-38-42-46-50-54-58-62-73-67(72)61-57-53-49-45-41-37-31-18-16-14-12-10-8-6-4-2/h18,31,55,59,64-65,69-70H,3-17,19-30,32-54,56-58,60-63H2,1-2H3,(H,68,71)/b31-18-,59-55+. The lowest BCUT2D eigenvalue weighted by Crippen LogP contribution is -2.45. The summed E-state index contributed by atoms with van der Waals surface area (Å²) in [5, 5.41) is 23.2.